The maximum Gasteiger partial charge on any atom is 0.0544 e. The van der Waals surface area contributed by atoms with E-state index in [0.717, 1.165) is 24.4 Å². The van der Waals surface area contributed by atoms with Gasteiger partial charge in [0.25, 0.3) is 0 Å². The van der Waals surface area contributed by atoms with Crippen molar-refractivity contribution in [2.75, 3.05) is 19.7 Å². The molecule has 17 heavy (non-hydrogen) atoms. The molecule has 2 nitrogen and oxygen atoms in total. The van der Waals surface area contributed by atoms with Crippen LogP contribution in [0, 0.1) is 11.3 Å². The number of nitrogens with one attached hydrogen (secondary N) is 1. The van der Waals surface area contributed by atoms with Crippen molar-refractivity contribution in [1.82, 2.24) is 5.32 Å². The number of piperidine rings is 1. The Labute approximate surface area is 107 Å². The summed E-state index contributed by atoms with van der Waals surface area (Å²) in [5.41, 5.74) is 0.757. The Bertz CT molecular complexity index is 215. The molecule has 0 amide bonds. The van der Waals surface area contributed by atoms with E-state index in [0.29, 0.717) is 6.10 Å². The molecule has 2 heteroatoms. The molecule has 2 rings (SSSR count). The molecule has 1 N–H and O–H groups in total. The molecule has 2 fully saturated rings. The lowest BCUT2D eigenvalue weighted by Crippen LogP contribution is -2.45. The van der Waals surface area contributed by atoms with Gasteiger partial charge in [0.1, 0.15) is 0 Å². The van der Waals surface area contributed by atoms with Crippen LogP contribution >= 0.6 is 0 Å². The quantitative estimate of drug-likeness (QED) is 0.718. The van der Waals surface area contributed by atoms with Gasteiger partial charge in [0.15, 0.2) is 0 Å². The fourth-order valence-electron chi connectivity index (χ4n) is 3.51. The highest BCUT2D eigenvalue weighted by molar-refractivity contribution is 4.96. The summed E-state index contributed by atoms with van der Waals surface area (Å²) in [4.78, 5) is 0. The summed E-state index contributed by atoms with van der Waals surface area (Å²) in [6.07, 6.45) is 10.1. The van der Waals surface area contributed by atoms with Gasteiger partial charge in [0.05, 0.1) is 6.10 Å². The van der Waals surface area contributed by atoms with E-state index in [1.165, 1.54) is 51.6 Å². The second-order valence-corrected chi connectivity index (χ2v) is 6.26. The molecule has 1 aliphatic carbocycles. The van der Waals surface area contributed by atoms with Gasteiger partial charge < -0.3 is 10.1 Å². The molecule has 0 unspecified atom stereocenters. The van der Waals surface area contributed by atoms with Gasteiger partial charge in [-0.05, 0) is 76.3 Å². The van der Waals surface area contributed by atoms with Gasteiger partial charge in [0.2, 0.25) is 0 Å². The molecule has 0 aromatic carbocycles. The largest absolute Gasteiger partial charge is 0.379 e. The molecule has 0 aromatic heterocycles. The van der Waals surface area contributed by atoms with Gasteiger partial charge >= 0.3 is 0 Å². The van der Waals surface area contributed by atoms with Gasteiger partial charge in [-0.15, -0.1) is 0 Å². The van der Waals surface area contributed by atoms with Crippen molar-refractivity contribution < 1.29 is 4.74 Å². The first-order valence-corrected chi connectivity index (χ1v) is 7.56. The van der Waals surface area contributed by atoms with Crippen molar-refractivity contribution >= 4 is 0 Å². The van der Waals surface area contributed by atoms with E-state index >= 15 is 0 Å². The minimum Gasteiger partial charge on any atom is -0.379 e. The third-order valence-corrected chi connectivity index (χ3v) is 4.84. The molecule has 1 saturated heterocycles. The van der Waals surface area contributed by atoms with Crippen LogP contribution in [0.15, 0.2) is 0 Å². The smallest absolute Gasteiger partial charge is 0.0544 e. The Hall–Kier alpha value is -0.0800. The normalized spacial score (nSPS) is 25.8. The first kappa shape index (κ1) is 13.4. The Kier molecular flexibility index (Phi) is 4.87. The molecule has 1 heterocycles. The lowest BCUT2D eigenvalue weighted by Gasteiger charge is -2.50. The molecule has 1 spiro atoms. The van der Waals surface area contributed by atoms with Gasteiger partial charge in [-0.2, -0.15) is 0 Å². The van der Waals surface area contributed by atoms with Crippen LogP contribution in [-0.2, 0) is 4.74 Å². The Balaban J connectivity index is 1.52. The Morgan fingerprint density at radius 2 is 2.00 bits per heavy atom. The summed E-state index contributed by atoms with van der Waals surface area (Å²) in [5.74, 6) is 1.01. The third-order valence-electron chi connectivity index (χ3n) is 4.84. The van der Waals surface area contributed by atoms with Gasteiger partial charge in [0, 0.05) is 6.61 Å². The van der Waals surface area contributed by atoms with Crippen LogP contribution in [0.2, 0.25) is 0 Å². The van der Waals surface area contributed by atoms with E-state index in [4.69, 9.17) is 4.74 Å². The lowest BCUT2D eigenvalue weighted by atomic mass is 9.57. The van der Waals surface area contributed by atoms with Gasteiger partial charge in [-0.1, -0.05) is 6.92 Å². The van der Waals surface area contributed by atoms with Crippen molar-refractivity contribution in [2.45, 2.75) is 64.9 Å². The first-order chi connectivity index (χ1) is 8.24. The van der Waals surface area contributed by atoms with Crippen molar-refractivity contribution in [3.05, 3.63) is 0 Å². The molecule has 0 radical (unpaired) electrons. The Morgan fingerprint density at radius 1 is 1.29 bits per heavy atom. The van der Waals surface area contributed by atoms with Gasteiger partial charge in [-0.25, -0.2) is 0 Å². The third kappa shape index (κ3) is 3.69. The van der Waals surface area contributed by atoms with Crippen molar-refractivity contribution in [1.29, 1.82) is 0 Å². The number of ether oxygens (including phenoxy) is 1. The molecule has 1 saturated carbocycles. The van der Waals surface area contributed by atoms with Crippen LogP contribution in [0.3, 0.4) is 0 Å². The van der Waals surface area contributed by atoms with Crippen LogP contribution in [0.1, 0.15) is 58.8 Å². The highest BCUT2D eigenvalue weighted by Crippen LogP contribution is 2.52. The highest BCUT2D eigenvalue weighted by Gasteiger charge is 2.43. The lowest BCUT2D eigenvalue weighted by molar-refractivity contribution is 0.00612. The molecule has 100 valence electrons. The molecule has 2 aliphatic rings. The molecule has 1 aliphatic heterocycles. The first-order valence-electron chi connectivity index (χ1n) is 7.56. The monoisotopic (exact) mass is 239 g/mol. The van der Waals surface area contributed by atoms with Crippen LogP contribution in [0.4, 0.5) is 0 Å². The molecular formula is C15H29NO. The summed E-state index contributed by atoms with van der Waals surface area (Å²) < 4.78 is 5.74. The van der Waals surface area contributed by atoms with Crippen molar-refractivity contribution in [3.63, 3.8) is 0 Å². The van der Waals surface area contributed by atoms with E-state index < -0.39 is 0 Å². The summed E-state index contributed by atoms with van der Waals surface area (Å²) in [5, 5.41) is 3.47. The van der Waals surface area contributed by atoms with E-state index in [-0.39, 0.29) is 0 Å². The minimum atomic E-state index is 0.451. The summed E-state index contributed by atoms with van der Waals surface area (Å²) in [7, 11) is 0. The number of hydrogen-bond donors (Lipinski definition) is 1. The average Bonchev–Trinajstić information content (AvgIpc) is 2.33. The van der Waals surface area contributed by atoms with Crippen molar-refractivity contribution in [3.8, 4) is 0 Å². The van der Waals surface area contributed by atoms with Crippen LogP contribution < -0.4 is 5.32 Å². The SMILES string of the molecule is CC[C@H](C)OCCCC1CC2(CCNCC2)C1. The van der Waals surface area contributed by atoms with E-state index in [1.807, 2.05) is 0 Å². The van der Waals surface area contributed by atoms with E-state index in [2.05, 4.69) is 19.2 Å². The fraction of sp³-hybridized carbons (Fsp3) is 1.00. The maximum absolute atomic E-state index is 5.74. The maximum atomic E-state index is 5.74. The average molecular weight is 239 g/mol. The summed E-state index contributed by atoms with van der Waals surface area (Å²) in [6, 6.07) is 0. The fourth-order valence-corrected chi connectivity index (χ4v) is 3.51. The molecular weight excluding hydrogens is 210 g/mol. The molecule has 0 bridgehead atoms. The van der Waals surface area contributed by atoms with Crippen molar-refractivity contribution in [2.24, 2.45) is 11.3 Å². The zero-order chi connectivity index (χ0) is 12.1. The molecule has 1 atom stereocenters. The number of hydrogen-bond acceptors (Lipinski definition) is 2. The zero-order valence-electron chi connectivity index (χ0n) is 11.6. The second-order valence-electron chi connectivity index (χ2n) is 6.26. The molecule has 0 aromatic rings. The van der Waals surface area contributed by atoms with Crippen LogP contribution in [0.25, 0.3) is 0 Å². The minimum absolute atomic E-state index is 0.451. The highest BCUT2D eigenvalue weighted by atomic mass is 16.5. The van der Waals surface area contributed by atoms with Gasteiger partial charge in [-0.3, -0.25) is 0 Å². The zero-order valence-corrected chi connectivity index (χ0v) is 11.6. The summed E-state index contributed by atoms with van der Waals surface area (Å²) in [6.45, 7) is 7.85. The number of rotatable bonds is 6. The van der Waals surface area contributed by atoms with Crippen LogP contribution in [0.5, 0.6) is 0 Å². The summed E-state index contributed by atoms with van der Waals surface area (Å²) >= 11 is 0. The Morgan fingerprint density at radius 3 is 2.65 bits per heavy atom. The topological polar surface area (TPSA) is 21.3 Å². The second kappa shape index (κ2) is 6.19. The standard InChI is InChI=1S/C15H29NO/c1-3-13(2)17-10-4-5-14-11-15(12-14)6-8-16-9-7-15/h13-14,16H,3-12H2,1-2H3/t13-/m0/s1. The van der Waals surface area contributed by atoms with Crippen LogP contribution in [-0.4, -0.2) is 25.8 Å². The predicted octanol–water partition coefficient (Wildman–Crippen LogP) is 3.36. The van der Waals surface area contributed by atoms with E-state index in [1.54, 1.807) is 0 Å². The predicted molar refractivity (Wildman–Crippen MR) is 72.2 cm³/mol. The van der Waals surface area contributed by atoms with E-state index in [9.17, 15) is 0 Å².